The fourth-order valence-corrected chi connectivity index (χ4v) is 3.48. The molecule has 0 aliphatic rings. The highest BCUT2D eigenvalue weighted by Crippen LogP contribution is 2.35. The maximum Gasteiger partial charge on any atom is 0.124 e. The van der Waals surface area contributed by atoms with Crippen molar-refractivity contribution in [2.75, 3.05) is 13.7 Å². The molecule has 0 saturated carbocycles. The van der Waals surface area contributed by atoms with Crippen LogP contribution in [0.2, 0.25) is 0 Å². The van der Waals surface area contributed by atoms with Gasteiger partial charge in [-0.2, -0.15) is 0 Å². The molecule has 0 aliphatic heterocycles. The second-order valence-corrected chi connectivity index (χ2v) is 6.63. The summed E-state index contributed by atoms with van der Waals surface area (Å²) < 4.78 is 7.93. The van der Waals surface area contributed by atoms with Crippen LogP contribution in [0.5, 0.6) is 5.75 Å². The minimum atomic E-state index is 0.0685. The Kier molecular flexibility index (Phi) is 5.85. The highest BCUT2D eigenvalue weighted by atomic mass is 79.9. The molecule has 2 rings (SSSR count). The van der Waals surface area contributed by atoms with Crippen molar-refractivity contribution in [2.24, 2.45) is 0 Å². The molecule has 2 aromatic carbocycles. The highest BCUT2D eigenvalue weighted by Gasteiger charge is 2.19. The van der Waals surface area contributed by atoms with Crippen LogP contribution in [0, 0.1) is 6.92 Å². The molecule has 0 bridgehead atoms. The summed E-state index contributed by atoms with van der Waals surface area (Å²) in [6, 6.07) is 12.6. The fourth-order valence-electron chi connectivity index (χ4n) is 2.38. The quantitative estimate of drug-likeness (QED) is 0.725. The predicted molar refractivity (Wildman–Crippen MR) is 95.1 cm³/mol. The van der Waals surface area contributed by atoms with Crippen LogP contribution < -0.4 is 10.1 Å². The minimum Gasteiger partial charge on any atom is -0.494 e. The van der Waals surface area contributed by atoms with Gasteiger partial charge in [0.25, 0.3) is 0 Å². The molecular weight excluding hydrogens is 394 g/mol. The first-order valence-corrected chi connectivity index (χ1v) is 8.51. The number of benzene rings is 2. The number of aryl methyl sites for hydroxylation is 1. The summed E-state index contributed by atoms with van der Waals surface area (Å²) in [6.45, 7) is 4.75. The Morgan fingerprint density at radius 1 is 1.10 bits per heavy atom. The molecule has 1 unspecified atom stereocenters. The summed E-state index contributed by atoms with van der Waals surface area (Å²) in [5, 5.41) is 3.39. The van der Waals surface area contributed by atoms with Crippen LogP contribution in [-0.4, -0.2) is 13.7 Å². The van der Waals surface area contributed by atoms with E-state index in [2.05, 4.69) is 68.4 Å². The molecule has 112 valence electrons. The van der Waals surface area contributed by atoms with E-state index in [-0.39, 0.29) is 6.04 Å². The molecule has 21 heavy (non-hydrogen) atoms. The summed E-state index contributed by atoms with van der Waals surface area (Å²) >= 11 is 7.23. The molecule has 0 fully saturated rings. The average molecular weight is 413 g/mol. The third kappa shape index (κ3) is 3.87. The molecule has 0 heterocycles. The molecule has 2 aromatic rings. The monoisotopic (exact) mass is 411 g/mol. The maximum absolute atomic E-state index is 5.78. The first-order chi connectivity index (χ1) is 10.1. The van der Waals surface area contributed by atoms with Gasteiger partial charge in [0.15, 0.2) is 0 Å². The van der Waals surface area contributed by atoms with Gasteiger partial charge in [0, 0.05) is 14.5 Å². The van der Waals surface area contributed by atoms with Crippen LogP contribution in [0.1, 0.15) is 29.7 Å². The normalized spacial score (nSPS) is 12.2. The van der Waals surface area contributed by atoms with Crippen LogP contribution >= 0.6 is 31.9 Å². The minimum absolute atomic E-state index is 0.0685. The molecule has 4 heteroatoms. The van der Waals surface area contributed by atoms with Gasteiger partial charge in [-0.05, 0) is 56.3 Å². The van der Waals surface area contributed by atoms with Gasteiger partial charge < -0.3 is 10.1 Å². The molecule has 1 N–H and O–H groups in total. The van der Waals surface area contributed by atoms with E-state index >= 15 is 0 Å². The zero-order valence-electron chi connectivity index (χ0n) is 12.4. The fraction of sp³-hybridized carbons (Fsp3) is 0.294. The van der Waals surface area contributed by atoms with Crippen LogP contribution in [-0.2, 0) is 0 Å². The van der Waals surface area contributed by atoms with E-state index in [0.29, 0.717) is 6.61 Å². The first-order valence-electron chi connectivity index (χ1n) is 6.92. The molecular formula is C17H19Br2NO. The van der Waals surface area contributed by atoms with E-state index < -0.39 is 0 Å². The van der Waals surface area contributed by atoms with Gasteiger partial charge in [0.1, 0.15) is 5.75 Å². The number of nitrogens with one attached hydrogen (secondary N) is 1. The van der Waals surface area contributed by atoms with Crippen molar-refractivity contribution in [3.8, 4) is 5.75 Å². The molecule has 1 atom stereocenters. The summed E-state index contributed by atoms with van der Waals surface area (Å²) in [4.78, 5) is 0. The molecule has 0 spiro atoms. The lowest BCUT2D eigenvalue weighted by atomic mass is 9.97. The van der Waals surface area contributed by atoms with Gasteiger partial charge in [0.05, 0.1) is 12.6 Å². The lowest BCUT2D eigenvalue weighted by Crippen LogP contribution is -2.19. The Balaban J connectivity index is 2.52. The van der Waals surface area contributed by atoms with Gasteiger partial charge >= 0.3 is 0 Å². The van der Waals surface area contributed by atoms with Crippen LogP contribution in [0.3, 0.4) is 0 Å². The predicted octanol–water partition coefficient (Wildman–Crippen LogP) is 5.23. The molecule has 0 radical (unpaired) electrons. The van der Waals surface area contributed by atoms with Gasteiger partial charge in [-0.25, -0.2) is 0 Å². The Hall–Kier alpha value is -0.840. The van der Waals surface area contributed by atoms with Crippen molar-refractivity contribution in [2.45, 2.75) is 19.9 Å². The van der Waals surface area contributed by atoms with Crippen LogP contribution in [0.15, 0.2) is 45.3 Å². The molecule has 0 amide bonds. The SMILES string of the molecule is CCOc1ccc(Br)cc1C(NC)c1ccc(C)cc1Br. The van der Waals surface area contributed by atoms with Crippen molar-refractivity contribution in [1.82, 2.24) is 5.32 Å². The van der Waals surface area contributed by atoms with Crippen LogP contribution in [0.4, 0.5) is 0 Å². The smallest absolute Gasteiger partial charge is 0.124 e. The van der Waals surface area contributed by atoms with Crippen molar-refractivity contribution in [1.29, 1.82) is 0 Å². The van der Waals surface area contributed by atoms with Gasteiger partial charge in [-0.3, -0.25) is 0 Å². The lowest BCUT2D eigenvalue weighted by Gasteiger charge is -2.22. The third-order valence-electron chi connectivity index (χ3n) is 3.34. The zero-order valence-corrected chi connectivity index (χ0v) is 15.6. The lowest BCUT2D eigenvalue weighted by molar-refractivity contribution is 0.334. The number of hydrogen-bond acceptors (Lipinski definition) is 2. The van der Waals surface area contributed by atoms with E-state index in [9.17, 15) is 0 Å². The van der Waals surface area contributed by atoms with Crippen molar-refractivity contribution in [3.05, 3.63) is 62.0 Å². The van der Waals surface area contributed by atoms with Gasteiger partial charge in [-0.1, -0.05) is 44.0 Å². The van der Waals surface area contributed by atoms with E-state index in [1.807, 2.05) is 26.1 Å². The van der Waals surface area contributed by atoms with Crippen LogP contribution in [0.25, 0.3) is 0 Å². The molecule has 0 saturated heterocycles. The van der Waals surface area contributed by atoms with Crippen molar-refractivity contribution in [3.63, 3.8) is 0 Å². The summed E-state index contributed by atoms with van der Waals surface area (Å²) in [5.41, 5.74) is 3.56. The molecule has 2 nitrogen and oxygen atoms in total. The Labute approximate surface area is 143 Å². The summed E-state index contributed by atoms with van der Waals surface area (Å²) in [5.74, 6) is 0.910. The molecule has 0 aromatic heterocycles. The van der Waals surface area contributed by atoms with Gasteiger partial charge in [-0.15, -0.1) is 0 Å². The third-order valence-corrected chi connectivity index (χ3v) is 4.52. The molecule has 0 aliphatic carbocycles. The van der Waals surface area contributed by atoms with Gasteiger partial charge in [0.2, 0.25) is 0 Å². The first kappa shape index (κ1) is 16.5. The van der Waals surface area contributed by atoms with E-state index in [1.54, 1.807) is 0 Å². The van der Waals surface area contributed by atoms with Crippen molar-refractivity contribution < 1.29 is 4.74 Å². The number of halogens is 2. The van der Waals surface area contributed by atoms with E-state index in [0.717, 1.165) is 20.3 Å². The Bertz CT molecular complexity index is 628. The summed E-state index contributed by atoms with van der Waals surface area (Å²) in [7, 11) is 1.97. The number of hydrogen-bond donors (Lipinski definition) is 1. The maximum atomic E-state index is 5.78. The Morgan fingerprint density at radius 3 is 2.48 bits per heavy atom. The standard InChI is InChI=1S/C17H19Br2NO/c1-4-21-16-8-6-12(18)10-14(16)17(20-3)13-7-5-11(2)9-15(13)19/h5-10,17,20H,4H2,1-3H3. The van der Waals surface area contributed by atoms with E-state index in [1.165, 1.54) is 11.1 Å². The van der Waals surface area contributed by atoms with E-state index in [4.69, 9.17) is 4.74 Å². The zero-order chi connectivity index (χ0) is 15.4. The van der Waals surface area contributed by atoms with Crippen molar-refractivity contribution >= 4 is 31.9 Å². The second-order valence-electron chi connectivity index (χ2n) is 4.86. The summed E-state index contributed by atoms with van der Waals surface area (Å²) in [6.07, 6.45) is 0. The topological polar surface area (TPSA) is 21.3 Å². The second kappa shape index (κ2) is 7.43. The highest BCUT2D eigenvalue weighted by molar-refractivity contribution is 9.10. The largest absolute Gasteiger partial charge is 0.494 e. The Morgan fingerprint density at radius 2 is 1.86 bits per heavy atom. The number of ether oxygens (including phenoxy) is 1. The average Bonchev–Trinajstić information content (AvgIpc) is 2.45. The number of rotatable bonds is 5.